The lowest BCUT2D eigenvalue weighted by atomic mass is 10.0. The molecule has 0 atom stereocenters. The van der Waals surface area contributed by atoms with Gasteiger partial charge >= 0.3 is 0 Å². The van der Waals surface area contributed by atoms with E-state index >= 15 is 0 Å². The monoisotopic (exact) mass is 305 g/mol. The van der Waals surface area contributed by atoms with Crippen molar-refractivity contribution in [2.24, 2.45) is 0 Å². The Hall–Kier alpha value is -2.26. The minimum atomic E-state index is 0.200. The second-order valence-corrected chi connectivity index (χ2v) is 6.44. The number of carbonyl (C=O) groups excluding carboxylic acids is 1. The number of benzene rings is 2. The highest BCUT2D eigenvalue weighted by molar-refractivity contribution is 7.99. The first-order valence-electron chi connectivity index (χ1n) is 7.30. The summed E-state index contributed by atoms with van der Waals surface area (Å²) in [6, 6.07) is 16.3. The molecule has 0 saturated heterocycles. The van der Waals surface area contributed by atoms with Crippen molar-refractivity contribution in [3.63, 3.8) is 0 Å². The van der Waals surface area contributed by atoms with Crippen molar-refractivity contribution < 1.29 is 4.79 Å². The van der Waals surface area contributed by atoms with E-state index in [1.807, 2.05) is 42.5 Å². The lowest BCUT2D eigenvalue weighted by molar-refractivity contribution is 0.0991. The summed E-state index contributed by atoms with van der Waals surface area (Å²) < 4.78 is 2.20. The second-order valence-electron chi connectivity index (χ2n) is 5.41. The Bertz CT molecular complexity index is 907. The van der Waals surface area contributed by atoms with E-state index in [9.17, 15) is 4.79 Å². The van der Waals surface area contributed by atoms with Gasteiger partial charge in [-0.25, -0.2) is 0 Å². The minimum absolute atomic E-state index is 0.200. The number of carbonyl (C=O) groups is 1. The highest BCUT2D eigenvalue weighted by Crippen LogP contribution is 2.41. The maximum atomic E-state index is 12.8. The van der Waals surface area contributed by atoms with Gasteiger partial charge in [-0.1, -0.05) is 54.2 Å². The van der Waals surface area contributed by atoms with Gasteiger partial charge in [0.1, 0.15) is 0 Å². The first-order valence-corrected chi connectivity index (χ1v) is 8.12. The van der Waals surface area contributed by atoms with E-state index in [-0.39, 0.29) is 5.78 Å². The van der Waals surface area contributed by atoms with Crippen molar-refractivity contribution in [3.8, 4) is 0 Å². The predicted molar refractivity (Wildman–Crippen MR) is 90.7 cm³/mol. The molecule has 2 heterocycles. The lowest BCUT2D eigenvalue weighted by Crippen LogP contribution is -2.03. The molecule has 2 aromatic carbocycles. The van der Waals surface area contributed by atoms with Crippen molar-refractivity contribution in [2.75, 3.05) is 0 Å². The number of allylic oxidation sites excluding steroid dienone is 1. The Labute approximate surface area is 133 Å². The van der Waals surface area contributed by atoms with E-state index in [4.69, 9.17) is 0 Å². The van der Waals surface area contributed by atoms with Crippen LogP contribution in [0.1, 0.15) is 15.9 Å². The summed E-state index contributed by atoms with van der Waals surface area (Å²) in [6.07, 6.45) is 2.35. The Kier molecular flexibility index (Phi) is 3.16. The van der Waals surface area contributed by atoms with Crippen LogP contribution >= 0.6 is 11.8 Å². The molecule has 4 rings (SSSR count). The zero-order valence-corrected chi connectivity index (χ0v) is 12.9. The molecule has 22 heavy (non-hydrogen) atoms. The number of nitrogens with zero attached hydrogens (tertiary/aromatic N) is 1. The van der Waals surface area contributed by atoms with Crippen molar-refractivity contribution in [1.29, 1.82) is 0 Å². The highest BCUT2D eigenvalue weighted by Gasteiger charge is 2.26. The van der Waals surface area contributed by atoms with Gasteiger partial charge in [0.25, 0.3) is 0 Å². The number of Topliss-reactive ketones (excluding diaryl/α,β-unsaturated/α-hetero) is 1. The normalized spacial score (nSPS) is 13.5. The molecule has 0 spiro atoms. The van der Waals surface area contributed by atoms with Gasteiger partial charge < -0.3 is 4.57 Å². The van der Waals surface area contributed by atoms with E-state index in [2.05, 4.69) is 23.3 Å². The third-order valence-electron chi connectivity index (χ3n) is 4.04. The fourth-order valence-corrected chi connectivity index (χ4v) is 4.32. The van der Waals surface area contributed by atoms with Crippen LogP contribution in [0.2, 0.25) is 0 Å². The summed E-state index contributed by atoms with van der Waals surface area (Å²) in [5, 5.41) is 2.08. The molecule has 0 bridgehead atoms. The van der Waals surface area contributed by atoms with Crippen LogP contribution in [-0.4, -0.2) is 10.4 Å². The van der Waals surface area contributed by atoms with E-state index in [0.29, 0.717) is 13.0 Å². The van der Waals surface area contributed by atoms with Crippen LogP contribution in [-0.2, 0) is 13.0 Å². The quantitative estimate of drug-likeness (QED) is 0.639. The smallest absolute Gasteiger partial charge is 0.170 e. The standard InChI is InChI=1S/C19H15NOS/c1-2-11-20-15-9-5-4-8-14(15)18-16(21)12-13-7-3-6-10-17(13)22-19(18)20/h2-10H,1,11-12H2. The van der Waals surface area contributed by atoms with Gasteiger partial charge in [0.2, 0.25) is 0 Å². The zero-order chi connectivity index (χ0) is 15.1. The van der Waals surface area contributed by atoms with Crippen LogP contribution in [0, 0.1) is 0 Å². The Morgan fingerprint density at radius 2 is 1.91 bits per heavy atom. The van der Waals surface area contributed by atoms with Crippen LogP contribution in [0.25, 0.3) is 10.9 Å². The summed E-state index contributed by atoms with van der Waals surface area (Å²) in [4.78, 5) is 14.0. The summed E-state index contributed by atoms with van der Waals surface area (Å²) in [7, 11) is 0. The van der Waals surface area contributed by atoms with Crippen LogP contribution in [0.4, 0.5) is 0 Å². The molecule has 1 aromatic heterocycles. The van der Waals surface area contributed by atoms with Gasteiger partial charge in [0, 0.05) is 28.8 Å². The Morgan fingerprint density at radius 1 is 1.14 bits per heavy atom. The SMILES string of the molecule is C=CCn1c2c(c3ccccc31)C(=O)Cc1ccccc1S2. The number of para-hydroxylation sites is 1. The van der Waals surface area contributed by atoms with Gasteiger partial charge in [0.15, 0.2) is 5.78 Å². The third kappa shape index (κ3) is 1.93. The van der Waals surface area contributed by atoms with Crippen LogP contribution in [0.15, 0.2) is 71.1 Å². The van der Waals surface area contributed by atoms with E-state index in [0.717, 1.165) is 27.1 Å². The molecule has 1 aliphatic heterocycles. The molecule has 0 N–H and O–H groups in total. The van der Waals surface area contributed by atoms with E-state index in [1.54, 1.807) is 11.8 Å². The molecule has 3 aromatic rings. The molecule has 0 unspecified atom stereocenters. The van der Waals surface area contributed by atoms with Gasteiger partial charge in [-0.15, -0.1) is 6.58 Å². The predicted octanol–water partition coefficient (Wildman–Crippen LogP) is 4.72. The van der Waals surface area contributed by atoms with Crippen molar-refractivity contribution >= 4 is 28.4 Å². The first kappa shape index (κ1) is 13.4. The number of ketones is 1. The fraction of sp³-hybridized carbons (Fsp3) is 0.105. The number of hydrogen-bond acceptors (Lipinski definition) is 2. The van der Waals surface area contributed by atoms with Crippen LogP contribution < -0.4 is 0 Å². The van der Waals surface area contributed by atoms with Crippen molar-refractivity contribution in [1.82, 2.24) is 4.57 Å². The number of hydrogen-bond donors (Lipinski definition) is 0. The maximum absolute atomic E-state index is 12.8. The molecule has 0 radical (unpaired) electrons. The molecule has 0 aliphatic carbocycles. The third-order valence-corrected chi connectivity index (χ3v) is 5.28. The molecular formula is C19H15NOS. The Morgan fingerprint density at radius 3 is 2.77 bits per heavy atom. The topological polar surface area (TPSA) is 22.0 Å². The second kappa shape index (κ2) is 5.18. The summed E-state index contributed by atoms with van der Waals surface area (Å²) >= 11 is 1.69. The van der Waals surface area contributed by atoms with Gasteiger partial charge in [0.05, 0.1) is 10.6 Å². The van der Waals surface area contributed by atoms with E-state index in [1.165, 1.54) is 4.90 Å². The van der Waals surface area contributed by atoms with Crippen LogP contribution in [0.3, 0.4) is 0 Å². The van der Waals surface area contributed by atoms with Crippen LogP contribution in [0.5, 0.6) is 0 Å². The largest absolute Gasteiger partial charge is 0.331 e. The van der Waals surface area contributed by atoms with Gasteiger partial charge in [-0.05, 0) is 17.7 Å². The Balaban J connectivity index is 2.04. The first-order chi connectivity index (χ1) is 10.8. The van der Waals surface area contributed by atoms with Gasteiger partial charge in [-0.3, -0.25) is 4.79 Å². The van der Waals surface area contributed by atoms with Gasteiger partial charge in [-0.2, -0.15) is 0 Å². The minimum Gasteiger partial charge on any atom is -0.331 e. The maximum Gasteiger partial charge on any atom is 0.170 e. The molecule has 1 aliphatic rings. The summed E-state index contributed by atoms with van der Waals surface area (Å²) in [6.45, 7) is 4.57. The average molecular weight is 305 g/mol. The summed E-state index contributed by atoms with van der Waals surface area (Å²) in [5.74, 6) is 0.200. The fourth-order valence-electron chi connectivity index (χ4n) is 3.08. The molecule has 0 amide bonds. The number of aromatic nitrogens is 1. The number of rotatable bonds is 2. The lowest BCUT2D eigenvalue weighted by Gasteiger charge is -2.08. The molecule has 0 fully saturated rings. The zero-order valence-electron chi connectivity index (χ0n) is 12.1. The highest BCUT2D eigenvalue weighted by atomic mass is 32.2. The summed E-state index contributed by atoms with van der Waals surface area (Å²) in [5.41, 5.74) is 3.08. The van der Waals surface area contributed by atoms with Crippen molar-refractivity contribution in [2.45, 2.75) is 22.9 Å². The molecular weight excluding hydrogens is 290 g/mol. The molecule has 0 saturated carbocycles. The molecule has 3 heteroatoms. The average Bonchev–Trinajstić information content (AvgIpc) is 2.75. The molecule has 2 nitrogen and oxygen atoms in total. The van der Waals surface area contributed by atoms with Crippen molar-refractivity contribution in [3.05, 3.63) is 72.3 Å². The molecule has 108 valence electrons. The number of fused-ring (bicyclic) bond motifs is 4. The van der Waals surface area contributed by atoms with E-state index < -0.39 is 0 Å².